The smallest absolute Gasteiger partial charge is 0.287 e. The van der Waals surface area contributed by atoms with Crippen LogP contribution in [0, 0.1) is 19.8 Å². The fraction of sp³-hybridized carbons (Fsp3) is 0.591. The van der Waals surface area contributed by atoms with Gasteiger partial charge in [-0.1, -0.05) is 18.2 Å². The van der Waals surface area contributed by atoms with Crippen LogP contribution in [-0.2, 0) is 5.75 Å². The standard InChI is InChI=1S/C22H30N4O2S/c1-15-12-16(2)25-22(24-15)29-14-18-8-9-20(28-18)21(27)23-13-17-6-5-11-26-10-4-3-7-19(17)26/h8-9,12,17,19H,3-7,10-11,13-14H2,1-2H3,(H,23,27)/t17-,19-/m1/s1. The zero-order valence-electron chi connectivity index (χ0n) is 17.3. The van der Waals surface area contributed by atoms with Crippen LogP contribution in [0.5, 0.6) is 0 Å². The summed E-state index contributed by atoms with van der Waals surface area (Å²) in [6.07, 6.45) is 6.34. The van der Waals surface area contributed by atoms with E-state index in [9.17, 15) is 4.79 Å². The molecule has 0 unspecified atom stereocenters. The number of amides is 1. The molecule has 1 N–H and O–H groups in total. The van der Waals surface area contributed by atoms with E-state index in [1.165, 1.54) is 57.0 Å². The summed E-state index contributed by atoms with van der Waals surface area (Å²) >= 11 is 1.52. The molecule has 0 aliphatic carbocycles. The summed E-state index contributed by atoms with van der Waals surface area (Å²) in [5, 5.41) is 3.85. The number of furan rings is 1. The quantitative estimate of drug-likeness (QED) is 0.570. The number of thioether (sulfide) groups is 1. The van der Waals surface area contributed by atoms with E-state index >= 15 is 0 Å². The van der Waals surface area contributed by atoms with Gasteiger partial charge in [0.2, 0.25) is 0 Å². The van der Waals surface area contributed by atoms with Crippen molar-refractivity contribution in [2.24, 2.45) is 5.92 Å². The maximum Gasteiger partial charge on any atom is 0.287 e. The number of aryl methyl sites for hydroxylation is 2. The molecule has 0 aromatic carbocycles. The molecule has 6 nitrogen and oxygen atoms in total. The van der Waals surface area contributed by atoms with Crippen LogP contribution in [0.25, 0.3) is 0 Å². The minimum atomic E-state index is -0.114. The molecule has 2 atom stereocenters. The van der Waals surface area contributed by atoms with Crippen LogP contribution in [0.3, 0.4) is 0 Å². The first-order valence-electron chi connectivity index (χ1n) is 10.6. The zero-order valence-corrected chi connectivity index (χ0v) is 18.1. The van der Waals surface area contributed by atoms with E-state index in [2.05, 4.69) is 20.2 Å². The minimum Gasteiger partial charge on any atom is -0.455 e. The van der Waals surface area contributed by atoms with Gasteiger partial charge in [0.25, 0.3) is 5.91 Å². The highest BCUT2D eigenvalue weighted by Crippen LogP contribution is 2.30. The summed E-state index contributed by atoms with van der Waals surface area (Å²) in [5.74, 6) is 2.20. The molecule has 2 fully saturated rings. The topological polar surface area (TPSA) is 71.3 Å². The van der Waals surface area contributed by atoms with E-state index in [0.29, 0.717) is 23.5 Å². The van der Waals surface area contributed by atoms with Crippen molar-refractivity contribution in [2.45, 2.75) is 62.9 Å². The Morgan fingerprint density at radius 3 is 2.79 bits per heavy atom. The molecule has 0 radical (unpaired) electrons. The van der Waals surface area contributed by atoms with E-state index in [1.54, 1.807) is 6.07 Å². The molecule has 1 amide bonds. The number of aromatic nitrogens is 2. The predicted molar refractivity (Wildman–Crippen MR) is 114 cm³/mol. The van der Waals surface area contributed by atoms with E-state index in [0.717, 1.165) is 28.8 Å². The van der Waals surface area contributed by atoms with Gasteiger partial charge in [-0.3, -0.25) is 4.79 Å². The molecule has 4 heterocycles. The third-order valence-corrected chi connectivity index (χ3v) is 6.81. The Balaban J connectivity index is 1.29. The number of carbonyl (C=O) groups excluding carboxylic acids is 1. The molecule has 29 heavy (non-hydrogen) atoms. The summed E-state index contributed by atoms with van der Waals surface area (Å²) in [6, 6.07) is 6.23. The summed E-state index contributed by atoms with van der Waals surface area (Å²) in [4.78, 5) is 24.1. The Hall–Kier alpha value is -1.86. The second kappa shape index (κ2) is 9.30. The molecule has 0 bridgehead atoms. The molecular formula is C22H30N4O2S. The number of rotatable bonds is 6. The van der Waals surface area contributed by atoms with Gasteiger partial charge in [-0.05, 0) is 76.7 Å². The highest BCUT2D eigenvalue weighted by atomic mass is 32.2. The number of nitrogens with zero attached hydrogens (tertiary/aromatic N) is 3. The second-order valence-electron chi connectivity index (χ2n) is 8.20. The van der Waals surface area contributed by atoms with Crippen LogP contribution in [0.15, 0.2) is 27.8 Å². The largest absolute Gasteiger partial charge is 0.455 e. The molecule has 2 aliphatic heterocycles. The number of hydrogen-bond donors (Lipinski definition) is 1. The van der Waals surface area contributed by atoms with Crippen molar-refractivity contribution >= 4 is 17.7 Å². The average molecular weight is 415 g/mol. The van der Waals surface area contributed by atoms with Crippen LogP contribution in [-0.4, -0.2) is 46.5 Å². The molecule has 2 saturated heterocycles. The lowest BCUT2D eigenvalue weighted by molar-refractivity contribution is 0.0571. The van der Waals surface area contributed by atoms with Crippen molar-refractivity contribution in [2.75, 3.05) is 19.6 Å². The van der Waals surface area contributed by atoms with Gasteiger partial charge in [0, 0.05) is 24.0 Å². The van der Waals surface area contributed by atoms with E-state index in [1.807, 2.05) is 26.0 Å². The predicted octanol–water partition coefficient (Wildman–Crippen LogP) is 3.97. The van der Waals surface area contributed by atoms with Crippen molar-refractivity contribution in [3.63, 3.8) is 0 Å². The SMILES string of the molecule is Cc1cc(C)nc(SCc2ccc(C(=O)NC[C@H]3CCCN4CCCC[C@H]34)o2)n1. The van der Waals surface area contributed by atoms with Crippen molar-refractivity contribution in [1.82, 2.24) is 20.2 Å². The van der Waals surface area contributed by atoms with E-state index in [-0.39, 0.29) is 5.91 Å². The Morgan fingerprint density at radius 1 is 1.17 bits per heavy atom. The lowest BCUT2D eigenvalue weighted by Gasteiger charge is -2.44. The highest BCUT2D eigenvalue weighted by Gasteiger charge is 2.33. The Labute approximate surface area is 176 Å². The average Bonchev–Trinajstić information content (AvgIpc) is 3.19. The monoisotopic (exact) mass is 414 g/mol. The van der Waals surface area contributed by atoms with Gasteiger partial charge in [-0.2, -0.15) is 0 Å². The second-order valence-corrected chi connectivity index (χ2v) is 9.14. The highest BCUT2D eigenvalue weighted by molar-refractivity contribution is 7.98. The van der Waals surface area contributed by atoms with E-state index < -0.39 is 0 Å². The van der Waals surface area contributed by atoms with Crippen molar-refractivity contribution in [3.05, 3.63) is 41.1 Å². The first-order chi connectivity index (χ1) is 14.1. The molecule has 156 valence electrons. The van der Waals surface area contributed by atoms with Crippen LogP contribution >= 0.6 is 11.8 Å². The van der Waals surface area contributed by atoms with Gasteiger partial charge in [-0.15, -0.1) is 0 Å². The van der Waals surface area contributed by atoms with Gasteiger partial charge in [0.05, 0.1) is 5.75 Å². The summed E-state index contributed by atoms with van der Waals surface area (Å²) in [7, 11) is 0. The fourth-order valence-electron chi connectivity index (χ4n) is 4.60. The number of piperidine rings is 2. The Bertz CT molecular complexity index is 831. The Morgan fingerprint density at radius 2 is 1.97 bits per heavy atom. The van der Waals surface area contributed by atoms with Crippen molar-refractivity contribution in [3.8, 4) is 0 Å². The molecule has 0 spiro atoms. The minimum absolute atomic E-state index is 0.114. The third-order valence-electron chi connectivity index (χ3n) is 5.94. The van der Waals surface area contributed by atoms with Gasteiger partial charge < -0.3 is 14.6 Å². The summed E-state index contributed by atoms with van der Waals surface area (Å²) in [6.45, 7) is 7.11. The lowest BCUT2D eigenvalue weighted by Crippen LogP contribution is -2.50. The molecule has 2 aliphatic rings. The van der Waals surface area contributed by atoms with Crippen molar-refractivity contribution < 1.29 is 9.21 Å². The molecule has 2 aromatic heterocycles. The van der Waals surface area contributed by atoms with Crippen LogP contribution in [0.4, 0.5) is 0 Å². The number of nitrogens with one attached hydrogen (secondary N) is 1. The van der Waals surface area contributed by atoms with Crippen LogP contribution in [0.1, 0.15) is 59.8 Å². The molecule has 7 heteroatoms. The number of fused-ring (bicyclic) bond motifs is 1. The van der Waals surface area contributed by atoms with Gasteiger partial charge >= 0.3 is 0 Å². The van der Waals surface area contributed by atoms with Crippen LogP contribution < -0.4 is 5.32 Å². The van der Waals surface area contributed by atoms with Gasteiger partial charge in [-0.25, -0.2) is 9.97 Å². The first-order valence-corrected chi connectivity index (χ1v) is 11.6. The molecule has 0 saturated carbocycles. The maximum absolute atomic E-state index is 12.6. The lowest BCUT2D eigenvalue weighted by atomic mass is 9.83. The Kier molecular flexibility index (Phi) is 6.55. The number of carbonyl (C=O) groups is 1. The fourth-order valence-corrected chi connectivity index (χ4v) is 5.44. The molecule has 4 rings (SSSR count). The summed E-state index contributed by atoms with van der Waals surface area (Å²) < 4.78 is 5.78. The zero-order chi connectivity index (χ0) is 20.2. The normalized spacial score (nSPS) is 22.3. The van der Waals surface area contributed by atoms with Crippen molar-refractivity contribution in [1.29, 1.82) is 0 Å². The number of hydrogen-bond acceptors (Lipinski definition) is 6. The van der Waals surface area contributed by atoms with Crippen LogP contribution in [0.2, 0.25) is 0 Å². The third kappa shape index (κ3) is 5.20. The maximum atomic E-state index is 12.6. The molecule has 2 aromatic rings. The summed E-state index contributed by atoms with van der Waals surface area (Å²) in [5.41, 5.74) is 1.91. The van der Waals surface area contributed by atoms with Gasteiger partial charge in [0.15, 0.2) is 10.9 Å². The first kappa shape index (κ1) is 20.4. The van der Waals surface area contributed by atoms with Gasteiger partial charge in [0.1, 0.15) is 5.76 Å². The molecular weight excluding hydrogens is 384 g/mol. The van der Waals surface area contributed by atoms with E-state index in [4.69, 9.17) is 4.42 Å².